The maximum Gasteiger partial charge on any atom is 0.231 e. The normalized spacial score (nSPS) is 21.0. The van der Waals surface area contributed by atoms with Gasteiger partial charge >= 0.3 is 0 Å². The van der Waals surface area contributed by atoms with Gasteiger partial charge in [0.2, 0.25) is 18.6 Å². The summed E-state index contributed by atoms with van der Waals surface area (Å²) in [5.74, 6) is 1.41. The zero-order valence-corrected chi connectivity index (χ0v) is 17.2. The van der Waals surface area contributed by atoms with E-state index in [4.69, 9.17) is 9.47 Å². The summed E-state index contributed by atoms with van der Waals surface area (Å²) in [5.41, 5.74) is 1.88. The van der Waals surface area contributed by atoms with Crippen LogP contribution in [0.3, 0.4) is 0 Å². The predicted molar refractivity (Wildman–Crippen MR) is 113 cm³/mol. The number of hydrogen-bond acceptors (Lipinski definition) is 6. The minimum Gasteiger partial charge on any atom is -0.508 e. The van der Waals surface area contributed by atoms with Gasteiger partial charge in [0, 0.05) is 51.4 Å². The van der Waals surface area contributed by atoms with Gasteiger partial charge in [0.25, 0.3) is 0 Å². The molecule has 3 aliphatic rings. The molecule has 3 heterocycles. The van der Waals surface area contributed by atoms with Gasteiger partial charge in [-0.2, -0.15) is 0 Å². The number of anilines is 1. The Bertz CT molecular complexity index is 985. The average molecular weight is 423 g/mol. The largest absolute Gasteiger partial charge is 0.508 e. The highest BCUT2D eigenvalue weighted by Gasteiger charge is 2.38. The van der Waals surface area contributed by atoms with Crippen LogP contribution in [0.15, 0.2) is 42.5 Å². The first kappa shape index (κ1) is 19.7. The number of carbonyl (C=O) groups excluding carboxylic acids is 2. The summed E-state index contributed by atoms with van der Waals surface area (Å²) in [6.45, 7) is 4.37. The van der Waals surface area contributed by atoms with Gasteiger partial charge in [-0.05, 0) is 42.0 Å². The molecule has 0 spiro atoms. The highest BCUT2D eigenvalue weighted by Crippen LogP contribution is 2.33. The molecule has 8 nitrogen and oxygen atoms in total. The van der Waals surface area contributed by atoms with Gasteiger partial charge in [0.05, 0.1) is 5.92 Å². The molecule has 1 atom stereocenters. The monoisotopic (exact) mass is 423 g/mol. The number of nitrogens with zero attached hydrogens (tertiary/aromatic N) is 3. The number of carbonyl (C=O) groups is 2. The van der Waals surface area contributed by atoms with Gasteiger partial charge in [-0.3, -0.25) is 14.5 Å². The van der Waals surface area contributed by atoms with Crippen LogP contribution in [0.25, 0.3) is 0 Å². The summed E-state index contributed by atoms with van der Waals surface area (Å²) in [6, 6.07) is 12.5. The van der Waals surface area contributed by atoms with E-state index < -0.39 is 0 Å². The quantitative estimate of drug-likeness (QED) is 0.808. The molecular weight excluding hydrogens is 398 g/mol. The molecule has 8 heteroatoms. The lowest BCUT2D eigenvalue weighted by Gasteiger charge is -2.36. The molecule has 2 fully saturated rings. The molecule has 31 heavy (non-hydrogen) atoms. The number of hydrogen-bond donors (Lipinski definition) is 1. The van der Waals surface area contributed by atoms with Gasteiger partial charge < -0.3 is 24.4 Å². The lowest BCUT2D eigenvalue weighted by molar-refractivity contribution is -0.137. The number of ether oxygens (including phenoxy) is 2. The minimum atomic E-state index is -0.318. The fraction of sp³-hybridized carbons (Fsp3) is 0.391. The number of benzene rings is 2. The Morgan fingerprint density at radius 2 is 1.74 bits per heavy atom. The second-order valence-electron chi connectivity index (χ2n) is 8.21. The van der Waals surface area contributed by atoms with Crippen LogP contribution in [-0.4, -0.2) is 66.2 Å². The number of piperazine rings is 1. The fourth-order valence-electron chi connectivity index (χ4n) is 4.44. The lowest BCUT2D eigenvalue weighted by atomic mass is 10.1. The Labute approximate surface area is 180 Å². The van der Waals surface area contributed by atoms with E-state index >= 15 is 0 Å². The Hall–Kier alpha value is -3.26. The first-order valence-corrected chi connectivity index (χ1v) is 10.6. The molecule has 0 aliphatic carbocycles. The van der Waals surface area contributed by atoms with E-state index in [2.05, 4.69) is 4.90 Å². The second kappa shape index (κ2) is 8.11. The average Bonchev–Trinajstić information content (AvgIpc) is 3.40. The van der Waals surface area contributed by atoms with E-state index in [1.54, 1.807) is 29.2 Å². The summed E-state index contributed by atoms with van der Waals surface area (Å²) < 4.78 is 10.8. The molecule has 2 amide bonds. The van der Waals surface area contributed by atoms with Crippen molar-refractivity contribution in [1.29, 1.82) is 0 Å². The third-order valence-electron chi connectivity index (χ3n) is 6.16. The maximum atomic E-state index is 13.0. The fourth-order valence-corrected chi connectivity index (χ4v) is 4.44. The molecule has 5 rings (SSSR count). The van der Waals surface area contributed by atoms with E-state index in [-0.39, 0.29) is 36.7 Å². The first-order chi connectivity index (χ1) is 15.1. The standard InChI is InChI=1S/C23H25N3O5/c27-19-4-2-18(3-5-19)26-14-17(12-22(26)28)23(29)25-9-7-24(8-10-25)13-16-1-6-20-21(11-16)31-15-30-20/h1-6,11,17,27H,7-10,12-15H2. The van der Waals surface area contributed by atoms with Gasteiger partial charge in [0.1, 0.15) is 5.75 Å². The SMILES string of the molecule is O=C(C1CC(=O)N(c2ccc(O)cc2)C1)N1CCN(Cc2ccc3c(c2)OCO3)CC1. The second-order valence-corrected chi connectivity index (χ2v) is 8.21. The van der Waals surface area contributed by atoms with Crippen LogP contribution in [0.2, 0.25) is 0 Å². The molecule has 1 N–H and O–H groups in total. The Kier molecular flexibility index (Phi) is 5.15. The van der Waals surface area contributed by atoms with Gasteiger partial charge in [0.15, 0.2) is 11.5 Å². The number of amides is 2. The number of phenolic OH excluding ortho intramolecular Hbond substituents is 1. The smallest absolute Gasteiger partial charge is 0.231 e. The van der Waals surface area contributed by atoms with Crippen LogP contribution < -0.4 is 14.4 Å². The predicted octanol–water partition coefficient (Wildman–Crippen LogP) is 1.82. The molecule has 162 valence electrons. The van der Waals surface area contributed by atoms with E-state index in [0.29, 0.717) is 25.3 Å². The van der Waals surface area contributed by atoms with Gasteiger partial charge in [-0.1, -0.05) is 6.07 Å². The molecule has 0 saturated carbocycles. The van der Waals surface area contributed by atoms with Crippen molar-refractivity contribution in [3.8, 4) is 17.2 Å². The zero-order valence-electron chi connectivity index (χ0n) is 17.2. The topological polar surface area (TPSA) is 82.6 Å². The molecular formula is C23H25N3O5. The third kappa shape index (κ3) is 4.03. The van der Waals surface area contributed by atoms with Crippen molar-refractivity contribution in [2.75, 3.05) is 44.4 Å². The van der Waals surface area contributed by atoms with Crippen molar-refractivity contribution in [1.82, 2.24) is 9.80 Å². The van der Waals surface area contributed by atoms with E-state index in [9.17, 15) is 14.7 Å². The lowest BCUT2D eigenvalue weighted by Crippen LogP contribution is -2.50. The Morgan fingerprint density at radius 1 is 1.00 bits per heavy atom. The summed E-state index contributed by atoms with van der Waals surface area (Å²) in [6.07, 6.45) is 0.233. The van der Waals surface area contributed by atoms with Crippen LogP contribution in [0.1, 0.15) is 12.0 Å². The Balaban J connectivity index is 1.15. The molecule has 2 aromatic rings. The minimum absolute atomic E-state index is 0.0505. The summed E-state index contributed by atoms with van der Waals surface area (Å²) in [5, 5.41) is 9.45. The number of aromatic hydroxyl groups is 1. The van der Waals surface area contributed by atoms with E-state index in [1.165, 1.54) is 0 Å². The van der Waals surface area contributed by atoms with Crippen molar-refractivity contribution in [3.63, 3.8) is 0 Å². The van der Waals surface area contributed by atoms with Crippen molar-refractivity contribution in [3.05, 3.63) is 48.0 Å². The van der Waals surface area contributed by atoms with Crippen molar-refractivity contribution in [2.45, 2.75) is 13.0 Å². The molecule has 2 aromatic carbocycles. The molecule has 0 bridgehead atoms. The van der Waals surface area contributed by atoms with Crippen LogP contribution in [0, 0.1) is 5.92 Å². The van der Waals surface area contributed by atoms with Crippen molar-refractivity contribution in [2.24, 2.45) is 5.92 Å². The molecule has 3 aliphatic heterocycles. The molecule has 1 unspecified atom stereocenters. The maximum absolute atomic E-state index is 13.0. The zero-order chi connectivity index (χ0) is 21.4. The molecule has 0 aromatic heterocycles. The van der Waals surface area contributed by atoms with Gasteiger partial charge in [-0.25, -0.2) is 0 Å². The first-order valence-electron chi connectivity index (χ1n) is 10.6. The van der Waals surface area contributed by atoms with Crippen molar-refractivity contribution >= 4 is 17.5 Å². The summed E-state index contributed by atoms with van der Waals surface area (Å²) in [4.78, 5) is 31.3. The summed E-state index contributed by atoms with van der Waals surface area (Å²) >= 11 is 0. The van der Waals surface area contributed by atoms with Crippen LogP contribution in [0.5, 0.6) is 17.2 Å². The molecule has 2 saturated heterocycles. The Morgan fingerprint density at radius 3 is 2.52 bits per heavy atom. The highest BCUT2D eigenvalue weighted by atomic mass is 16.7. The number of fused-ring (bicyclic) bond motifs is 1. The van der Waals surface area contributed by atoms with Crippen LogP contribution in [-0.2, 0) is 16.1 Å². The summed E-state index contributed by atoms with van der Waals surface area (Å²) in [7, 11) is 0. The van der Waals surface area contributed by atoms with E-state index in [1.807, 2.05) is 23.1 Å². The number of rotatable bonds is 4. The number of phenols is 1. The van der Waals surface area contributed by atoms with Gasteiger partial charge in [-0.15, -0.1) is 0 Å². The molecule has 0 radical (unpaired) electrons. The van der Waals surface area contributed by atoms with Crippen LogP contribution >= 0.6 is 0 Å². The highest BCUT2D eigenvalue weighted by molar-refractivity contribution is 6.00. The van der Waals surface area contributed by atoms with E-state index in [0.717, 1.165) is 36.7 Å². The van der Waals surface area contributed by atoms with Crippen molar-refractivity contribution < 1.29 is 24.2 Å². The van der Waals surface area contributed by atoms with Crippen LogP contribution in [0.4, 0.5) is 5.69 Å². The third-order valence-corrected chi connectivity index (χ3v) is 6.16.